The van der Waals surface area contributed by atoms with Gasteiger partial charge in [0.05, 0.1) is 0 Å². The molecule has 0 unspecified atom stereocenters. The van der Waals surface area contributed by atoms with Crippen LogP contribution in [-0.2, 0) is 4.79 Å². The summed E-state index contributed by atoms with van der Waals surface area (Å²) in [7, 11) is 0. The third kappa shape index (κ3) is 8.23. The molecule has 0 radical (unpaired) electrons. The maximum Gasteiger partial charge on any atom is 0.471 e. The van der Waals surface area contributed by atoms with Crippen molar-refractivity contribution in [3.8, 4) is 0 Å². The summed E-state index contributed by atoms with van der Waals surface area (Å²) in [6.45, 7) is 4.80. The number of rotatable bonds is 6. The highest BCUT2D eigenvalue weighted by molar-refractivity contribution is 5.81. The van der Waals surface area contributed by atoms with Crippen molar-refractivity contribution in [2.45, 2.75) is 38.9 Å². The van der Waals surface area contributed by atoms with Crippen LogP contribution in [0.4, 0.5) is 13.2 Å². The summed E-state index contributed by atoms with van der Waals surface area (Å²) in [5.41, 5.74) is 0. The van der Waals surface area contributed by atoms with Crippen LogP contribution in [0, 0.1) is 0 Å². The lowest BCUT2D eigenvalue weighted by atomic mass is 10.3. The van der Waals surface area contributed by atoms with Gasteiger partial charge in [-0.25, -0.2) is 0 Å². The van der Waals surface area contributed by atoms with Gasteiger partial charge in [-0.15, -0.1) is 0 Å². The van der Waals surface area contributed by atoms with E-state index in [9.17, 15) is 18.0 Å². The molecule has 0 heterocycles. The van der Waals surface area contributed by atoms with E-state index in [0.29, 0.717) is 12.5 Å². The number of amides is 1. The van der Waals surface area contributed by atoms with Crippen LogP contribution in [0.2, 0.25) is 0 Å². The molecule has 1 amide bonds. The van der Waals surface area contributed by atoms with Gasteiger partial charge < -0.3 is 10.6 Å². The average molecular weight is 226 g/mol. The lowest BCUT2D eigenvalue weighted by Gasteiger charge is -2.09. The molecule has 0 bridgehead atoms. The molecule has 0 saturated heterocycles. The van der Waals surface area contributed by atoms with Crippen LogP contribution in [0.1, 0.15) is 26.7 Å². The Labute approximate surface area is 87.4 Å². The van der Waals surface area contributed by atoms with Crippen molar-refractivity contribution >= 4 is 5.91 Å². The number of nitrogens with one attached hydrogen (secondary N) is 2. The fourth-order valence-corrected chi connectivity index (χ4v) is 0.943. The van der Waals surface area contributed by atoms with Crippen LogP contribution < -0.4 is 10.6 Å². The number of hydrogen-bond donors (Lipinski definition) is 2. The molecule has 0 spiro atoms. The van der Waals surface area contributed by atoms with Crippen LogP contribution >= 0.6 is 0 Å². The van der Waals surface area contributed by atoms with Crippen LogP contribution in [0.25, 0.3) is 0 Å². The standard InChI is InChI=1S/C9H17F3N2O/c1-7(2)13-5-3-4-6-14-8(15)9(10,11)12/h7,13H,3-6H2,1-2H3,(H,14,15). The average Bonchev–Trinajstić information content (AvgIpc) is 2.08. The molecule has 0 aliphatic carbocycles. The molecule has 0 rings (SSSR count). The zero-order valence-electron chi connectivity index (χ0n) is 8.95. The molecule has 0 aromatic rings. The van der Waals surface area contributed by atoms with E-state index in [0.717, 1.165) is 13.0 Å². The van der Waals surface area contributed by atoms with Crippen molar-refractivity contribution in [2.24, 2.45) is 0 Å². The van der Waals surface area contributed by atoms with E-state index in [2.05, 4.69) is 5.32 Å². The van der Waals surface area contributed by atoms with Gasteiger partial charge in [-0.05, 0) is 19.4 Å². The van der Waals surface area contributed by atoms with Gasteiger partial charge in [0, 0.05) is 12.6 Å². The molecule has 3 nitrogen and oxygen atoms in total. The van der Waals surface area contributed by atoms with Crippen molar-refractivity contribution in [1.29, 1.82) is 0 Å². The molecule has 0 aliphatic heterocycles. The minimum absolute atomic E-state index is 0.0676. The fraction of sp³-hybridized carbons (Fsp3) is 0.889. The van der Waals surface area contributed by atoms with Crippen molar-refractivity contribution in [3.63, 3.8) is 0 Å². The fourth-order valence-electron chi connectivity index (χ4n) is 0.943. The first kappa shape index (κ1) is 14.2. The summed E-state index contributed by atoms with van der Waals surface area (Å²) in [4.78, 5) is 10.4. The lowest BCUT2D eigenvalue weighted by Crippen LogP contribution is -2.37. The second kappa shape index (κ2) is 6.66. The van der Waals surface area contributed by atoms with Crippen molar-refractivity contribution in [1.82, 2.24) is 10.6 Å². The summed E-state index contributed by atoms with van der Waals surface area (Å²) in [6, 6.07) is 0.370. The Morgan fingerprint density at radius 2 is 1.73 bits per heavy atom. The van der Waals surface area contributed by atoms with Crippen molar-refractivity contribution in [3.05, 3.63) is 0 Å². The molecule has 90 valence electrons. The smallest absolute Gasteiger partial charge is 0.348 e. The number of alkyl halides is 3. The van der Waals surface area contributed by atoms with E-state index in [4.69, 9.17) is 0 Å². The largest absolute Gasteiger partial charge is 0.471 e. The van der Waals surface area contributed by atoms with E-state index < -0.39 is 12.1 Å². The molecular formula is C9H17F3N2O. The van der Waals surface area contributed by atoms with Crippen LogP contribution in [-0.4, -0.2) is 31.2 Å². The predicted molar refractivity (Wildman–Crippen MR) is 51.4 cm³/mol. The number of carbonyl (C=O) groups excluding carboxylic acids is 1. The van der Waals surface area contributed by atoms with Crippen LogP contribution in [0.3, 0.4) is 0 Å². The highest BCUT2D eigenvalue weighted by Crippen LogP contribution is 2.13. The summed E-state index contributed by atoms with van der Waals surface area (Å²) in [6.07, 6.45) is -3.48. The number of halogens is 3. The van der Waals surface area contributed by atoms with Gasteiger partial charge in [0.25, 0.3) is 0 Å². The quantitative estimate of drug-likeness (QED) is 0.673. The Hall–Kier alpha value is -0.780. The molecule has 15 heavy (non-hydrogen) atoms. The first-order valence-corrected chi connectivity index (χ1v) is 4.92. The Kier molecular flexibility index (Phi) is 6.31. The highest BCUT2D eigenvalue weighted by atomic mass is 19.4. The lowest BCUT2D eigenvalue weighted by molar-refractivity contribution is -0.173. The molecule has 0 aromatic heterocycles. The van der Waals surface area contributed by atoms with Gasteiger partial charge in [0.1, 0.15) is 0 Å². The van der Waals surface area contributed by atoms with Gasteiger partial charge in [-0.3, -0.25) is 4.79 Å². The summed E-state index contributed by atoms with van der Waals surface area (Å²) < 4.78 is 35.1. The Balaban J connectivity index is 3.36. The molecule has 0 atom stereocenters. The van der Waals surface area contributed by atoms with Crippen LogP contribution in [0.15, 0.2) is 0 Å². The summed E-state index contributed by atoms with van der Waals surface area (Å²) >= 11 is 0. The number of unbranched alkanes of at least 4 members (excludes halogenated alkanes) is 1. The first-order valence-electron chi connectivity index (χ1n) is 4.92. The minimum atomic E-state index is -4.77. The van der Waals surface area contributed by atoms with Gasteiger partial charge >= 0.3 is 12.1 Å². The third-order valence-corrected chi connectivity index (χ3v) is 1.70. The number of hydrogen-bond acceptors (Lipinski definition) is 2. The second-order valence-corrected chi connectivity index (χ2v) is 3.57. The van der Waals surface area contributed by atoms with E-state index in [-0.39, 0.29) is 6.54 Å². The highest BCUT2D eigenvalue weighted by Gasteiger charge is 2.38. The van der Waals surface area contributed by atoms with Gasteiger partial charge in [0.15, 0.2) is 0 Å². The third-order valence-electron chi connectivity index (χ3n) is 1.70. The molecule has 0 saturated carbocycles. The normalized spacial score (nSPS) is 11.9. The minimum Gasteiger partial charge on any atom is -0.348 e. The monoisotopic (exact) mass is 226 g/mol. The maximum absolute atomic E-state index is 11.7. The molecule has 0 fully saturated rings. The van der Waals surface area contributed by atoms with Crippen molar-refractivity contribution in [2.75, 3.05) is 13.1 Å². The summed E-state index contributed by atoms with van der Waals surface area (Å²) in [5, 5.41) is 4.95. The molecule has 0 aromatic carbocycles. The van der Waals surface area contributed by atoms with Gasteiger partial charge in [-0.1, -0.05) is 13.8 Å². The van der Waals surface area contributed by atoms with E-state index in [1.54, 1.807) is 0 Å². The Morgan fingerprint density at radius 3 is 2.20 bits per heavy atom. The van der Waals surface area contributed by atoms with Crippen molar-refractivity contribution < 1.29 is 18.0 Å². The zero-order chi connectivity index (χ0) is 11.9. The van der Waals surface area contributed by atoms with Gasteiger partial charge in [0.2, 0.25) is 0 Å². The molecular weight excluding hydrogens is 209 g/mol. The van der Waals surface area contributed by atoms with E-state index >= 15 is 0 Å². The maximum atomic E-state index is 11.7. The molecule has 6 heteroatoms. The molecule has 0 aliphatic rings. The summed E-state index contributed by atoms with van der Waals surface area (Å²) in [5.74, 6) is -1.86. The predicted octanol–water partition coefficient (Wildman–Crippen LogP) is 1.44. The van der Waals surface area contributed by atoms with Crippen LogP contribution in [0.5, 0.6) is 0 Å². The first-order chi connectivity index (χ1) is 6.84. The second-order valence-electron chi connectivity index (χ2n) is 3.57. The molecule has 2 N–H and O–H groups in total. The topological polar surface area (TPSA) is 41.1 Å². The SMILES string of the molecule is CC(C)NCCCCNC(=O)C(F)(F)F. The van der Waals surface area contributed by atoms with E-state index in [1.807, 2.05) is 19.2 Å². The Morgan fingerprint density at radius 1 is 1.20 bits per heavy atom. The Bertz CT molecular complexity index is 192. The van der Waals surface area contributed by atoms with E-state index in [1.165, 1.54) is 0 Å². The zero-order valence-corrected chi connectivity index (χ0v) is 8.95. The number of carbonyl (C=O) groups is 1. The van der Waals surface area contributed by atoms with Gasteiger partial charge in [-0.2, -0.15) is 13.2 Å².